The van der Waals surface area contributed by atoms with E-state index in [9.17, 15) is 4.79 Å². The van der Waals surface area contributed by atoms with Crippen LogP contribution in [0, 0.1) is 25.7 Å². The predicted molar refractivity (Wildman–Crippen MR) is 73.0 cm³/mol. The molecule has 5 heteroatoms. The predicted octanol–water partition coefficient (Wildman–Crippen LogP) is 0.717. The third-order valence-corrected chi connectivity index (χ3v) is 4.92. The molecule has 0 spiro atoms. The van der Waals surface area contributed by atoms with Gasteiger partial charge in [-0.15, -0.1) is 0 Å². The van der Waals surface area contributed by atoms with E-state index in [1.807, 2.05) is 25.8 Å². The summed E-state index contributed by atoms with van der Waals surface area (Å²) < 4.78 is 1.80. The van der Waals surface area contributed by atoms with E-state index in [0.29, 0.717) is 17.9 Å². The van der Waals surface area contributed by atoms with Crippen molar-refractivity contribution in [3.63, 3.8) is 0 Å². The number of aromatic nitrogens is 2. The topological polar surface area (TPSA) is 50.2 Å². The van der Waals surface area contributed by atoms with Crippen molar-refractivity contribution in [2.45, 2.75) is 26.8 Å². The summed E-state index contributed by atoms with van der Waals surface area (Å²) >= 11 is 0. The number of carbonyl (C=O) groups excluding carboxylic acids is 1. The zero-order chi connectivity index (χ0) is 13.7. The highest BCUT2D eigenvalue weighted by Crippen LogP contribution is 2.33. The van der Waals surface area contributed by atoms with Crippen molar-refractivity contribution in [2.24, 2.45) is 18.9 Å². The van der Waals surface area contributed by atoms with Gasteiger partial charge in [-0.2, -0.15) is 5.10 Å². The van der Waals surface area contributed by atoms with Gasteiger partial charge in [0.1, 0.15) is 0 Å². The van der Waals surface area contributed by atoms with Gasteiger partial charge in [-0.05, 0) is 32.6 Å². The number of rotatable bonds is 1. The first-order chi connectivity index (χ1) is 9.00. The van der Waals surface area contributed by atoms with E-state index in [1.165, 1.54) is 0 Å². The lowest BCUT2D eigenvalue weighted by Crippen LogP contribution is -2.38. The minimum absolute atomic E-state index is 0.157. The molecule has 3 heterocycles. The molecule has 0 aromatic carbocycles. The van der Waals surface area contributed by atoms with E-state index in [-0.39, 0.29) is 5.91 Å². The Morgan fingerprint density at radius 2 is 2.11 bits per heavy atom. The second-order valence-corrected chi connectivity index (χ2v) is 5.95. The van der Waals surface area contributed by atoms with Crippen LogP contribution in [0.5, 0.6) is 0 Å². The monoisotopic (exact) mass is 262 g/mol. The minimum Gasteiger partial charge on any atom is -0.335 e. The molecule has 2 aliphatic heterocycles. The smallest absolute Gasteiger partial charge is 0.257 e. The van der Waals surface area contributed by atoms with Crippen LogP contribution >= 0.6 is 0 Å². The normalized spacial score (nSPS) is 29.9. The van der Waals surface area contributed by atoms with E-state index in [4.69, 9.17) is 0 Å². The second-order valence-electron chi connectivity index (χ2n) is 5.95. The fourth-order valence-electron chi connectivity index (χ4n) is 3.66. The summed E-state index contributed by atoms with van der Waals surface area (Å²) in [5.74, 6) is 1.39. The van der Waals surface area contributed by atoms with Crippen molar-refractivity contribution in [3.05, 3.63) is 17.0 Å². The van der Waals surface area contributed by atoms with Gasteiger partial charge >= 0.3 is 0 Å². The maximum Gasteiger partial charge on any atom is 0.257 e. The number of amides is 1. The van der Waals surface area contributed by atoms with Crippen molar-refractivity contribution in [1.29, 1.82) is 0 Å². The number of nitrogens with one attached hydrogen (secondary N) is 1. The lowest BCUT2D eigenvalue weighted by atomic mass is 9.95. The highest BCUT2D eigenvalue weighted by molar-refractivity contribution is 5.96. The molecule has 1 N–H and O–H groups in total. The third kappa shape index (κ3) is 1.79. The Kier molecular flexibility index (Phi) is 2.89. The average Bonchev–Trinajstić information content (AvgIpc) is 2.98. The summed E-state index contributed by atoms with van der Waals surface area (Å²) in [6.45, 7) is 9.03. The maximum atomic E-state index is 12.8. The fourth-order valence-corrected chi connectivity index (χ4v) is 3.66. The molecular formula is C14H22N4O. The number of hydrogen-bond acceptors (Lipinski definition) is 3. The molecule has 2 saturated heterocycles. The molecule has 2 aliphatic rings. The molecular weight excluding hydrogens is 240 g/mol. The van der Waals surface area contributed by atoms with Crippen LogP contribution in [0.4, 0.5) is 0 Å². The highest BCUT2D eigenvalue weighted by Gasteiger charge is 2.44. The number of fused-ring (bicyclic) bond motifs is 1. The molecule has 0 radical (unpaired) electrons. The molecule has 2 fully saturated rings. The molecule has 3 unspecified atom stereocenters. The van der Waals surface area contributed by atoms with Crippen LogP contribution in [0.1, 0.15) is 28.7 Å². The fraction of sp³-hybridized carbons (Fsp3) is 0.714. The Morgan fingerprint density at radius 3 is 2.68 bits per heavy atom. The van der Waals surface area contributed by atoms with Crippen molar-refractivity contribution in [1.82, 2.24) is 20.0 Å². The zero-order valence-corrected chi connectivity index (χ0v) is 12.1. The SMILES string of the molecule is Cc1nn(C)c(C)c1C(=O)N1CC2CNCC2C1C. The second kappa shape index (κ2) is 4.34. The Hall–Kier alpha value is -1.36. The van der Waals surface area contributed by atoms with Gasteiger partial charge in [0.25, 0.3) is 5.91 Å². The van der Waals surface area contributed by atoms with Gasteiger partial charge in [0.15, 0.2) is 0 Å². The molecule has 1 amide bonds. The molecule has 1 aromatic heterocycles. The lowest BCUT2D eigenvalue weighted by molar-refractivity contribution is 0.0727. The largest absolute Gasteiger partial charge is 0.335 e. The summed E-state index contributed by atoms with van der Waals surface area (Å²) in [4.78, 5) is 14.8. The Balaban J connectivity index is 1.89. The van der Waals surface area contributed by atoms with Crippen LogP contribution in [-0.4, -0.2) is 46.3 Å². The molecule has 104 valence electrons. The molecule has 3 rings (SSSR count). The number of nitrogens with zero attached hydrogens (tertiary/aromatic N) is 3. The van der Waals surface area contributed by atoms with Gasteiger partial charge in [0.05, 0.1) is 11.3 Å². The molecule has 5 nitrogen and oxygen atoms in total. The van der Waals surface area contributed by atoms with Gasteiger partial charge in [-0.25, -0.2) is 0 Å². The number of likely N-dealkylation sites (tertiary alicyclic amines) is 1. The Morgan fingerprint density at radius 1 is 1.37 bits per heavy atom. The summed E-state index contributed by atoms with van der Waals surface area (Å²) in [5, 5.41) is 7.78. The zero-order valence-electron chi connectivity index (χ0n) is 12.1. The average molecular weight is 262 g/mol. The van der Waals surface area contributed by atoms with Crippen LogP contribution in [0.3, 0.4) is 0 Å². The molecule has 0 bridgehead atoms. The highest BCUT2D eigenvalue weighted by atomic mass is 16.2. The van der Waals surface area contributed by atoms with Crippen LogP contribution < -0.4 is 5.32 Å². The summed E-state index contributed by atoms with van der Waals surface area (Å²) in [5.41, 5.74) is 2.60. The van der Waals surface area contributed by atoms with Gasteiger partial charge in [-0.1, -0.05) is 0 Å². The Labute approximate surface area is 114 Å². The number of carbonyl (C=O) groups is 1. The minimum atomic E-state index is 0.157. The number of hydrogen-bond donors (Lipinski definition) is 1. The van der Waals surface area contributed by atoms with E-state index in [2.05, 4.69) is 17.3 Å². The number of aryl methyl sites for hydroxylation is 2. The summed E-state index contributed by atoms with van der Waals surface area (Å²) in [7, 11) is 1.89. The molecule has 0 aliphatic carbocycles. The van der Waals surface area contributed by atoms with E-state index in [1.54, 1.807) is 4.68 Å². The maximum absolute atomic E-state index is 12.8. The van der Waals surface area contributed by atoms with E-state index in [0.717, 1.165) is 36.6 Å². The van der Waals surface area contributed by atoms with Crippen molar-refractivity contribution >= 4 is 5.91 Å². The first-order valence-electron chi connectivity index (χ1n) is 7.02. The van der Waals surface area contributed by atoms with Crippen LogP contribution in [0.2, 0.25) is 0 Å². The quantitative estimate of drug-likeness (QED) is 0.811. The van der Waals surface area contributed by atoms with Gasteiger partial charge in [-0.3, -0.25) is 9.48 Å². The van der Waals surface area contributed by atoms with E-state index < -0.39 is 0 Å². The van der Waals surface area contributed by atoms with Gasteiger partial charge in [0.2, 0.25) is 0 Å². The Bertz CT molecular complexity index is 522. The van der Waals surface area contributed by atoms with Crippen LogP contribution in [-0.2, 0) is 7.05 Å². The van der Waals surface area contributed by atoms with Crippen molar-refractivity contribution in [3.8, 4) is 0 Å². The van der Waals surface area contributed by atoms with Gasteiger partial charge < -0.3 is 10.2 Å². The van der Waals surface area contributed by atoms with E-state index >= 15 is 0 Å². The third-order valence-electron chi connectivity index (χ3n) is 4.92. The van der Waals surface area contributed by atoms with Gasteiger partial charge in [0, 0.05) is 38.4 Å². The molecule has 3 atom stereocenters. The molecule has 0 saturated carbocycles. The van der Waals surface area contributed by atoms with Crippen LogP contribution in [0.25, 0.3) is 0 Å². The molecule has 19 heavy (non-hydrogen) atoms. The van der Waals surface area contributed by atoms with Crippen molar-refractivity contribution in [2.75, 3.05) is 19.6 Å². The lowest BCUT2D eigenvalue weighted by Gasteiger charge is -2.24. The standard InChI is InChI=1S/C14H22N4O/c1-8-13(10(3)17(4)16-8)14(19)18-7-11-5-15-6-12(11)9(18)2/h9,11-12,15H,5-7H2,1-4H3. The first kappa shape index (κ1) is 12.7. The van der Waals surface area contributed by atoms with Crippen molar-refractivity contribution < 1.29 is 4.79 Å². The summed E-state index contributed by atoms with van der Waals surface area (Å²) in [6, 6.07) is 0.325. The molecule has 1 aromatic rings. The summed E-state index contributed by atoms with van der Waals surface area (Å²) in [6.07, 6.45) is 0. The van der Waals surface area contributed by atoms with Crippen LogP contribution in [0.15, 0.2) is 0 Å². The first-order valence-corrected chi connectivity index (χ1v) is 7.02.